The van der Waals surface area contributed by atoms with Gasteiger partial charge in [-0.25, -0.2) is 4.98 Å². The van der Waals surface area contributed by atoms with Crippen molar-refractivity contribution in [1.29, 1.82) is 0 Å². The van der Waals surface area contributed by atoms with Crippen LogP contribution in [0.1, 0.15) is 23.4 Å². The number of nitrogens with one attached hydrogen (secondary N) is 1. The molecule has 3 aromatic rings. The summed E-state index contributed by atoms with van der Waals surface area (Å²) in [6.07, 6.45) is 5.06. The van der Waals surface area contributed by atoms with E-state index in [9.17, 15) is 9.59 Å². The first-order chi connectivity index (χ1) is 13.1. The number of aromatic nitrogens is 1. The fourth-order valence-corrected chi connectivity index (χ4v) is 4.77. The Morgan fingerprint density at radius 1 is 1.37 bits per heavy atom. The van der Waals surface area contributed by atoms with Crippen LogP contribution in [-0.4, -0.2) is 41.0 Å². The number of hydrogen-bond donors (Lipinski definition) is 1. The van der Waals surface area contributed by atoms with Crippen LogP contribution in [0.4, 0.5) is 5.69 Å². The van der Waals surface area contributed by atoms with Gasteiger partial charge < -0.3 is 14.6 Å². The minimum absolute atomic E-state index is 0.0547. The molecule has 1 aliphatic rings. The zero-order valence-corrected chi connectivity index (χ0v) is 16.4. The fraction of sp³-hybridized carbons (Fsp3) is 0.316. The van der Waals surface area contributed by atoms with Gasteiger partial charge in [-0.2, -0.15) is 0 Å². The Bertz CT molecular complexity index is 968. The summed E-state index contributed by atoms with van der Waals surface area (Å²) in [4.78, 5) is 31.4. The Hall–Kier alpha value is -2.32. The molecule has 0 bridgehead atoms. The molecule has 3 heterocycles. The first-order valence-corrected chi connectivity index (χ1v) is 10.8. The van der Waals surface area contributed by atoms with E-state index < -0.39 is 0 Å². The van der Waals surface area contributed by atoms with Crippen LogP contribution in [0.2, 0.25) is 0 Å². The molecule has 4 rings (SSSR count). The smallest absolute Gasteiger partial charge is 0.289 e. The molecule has 140 valence electrons. The van der Waals surface area contributed by atoms with E-state index in [1.807, 2.05) is 24.5 Å². The van der Waals surface area contributed by atoms with Gasteiger partial charge in [-0.3, -0.25) is 9.59 Å². The molecule has 1 atom stereocenters. The van der Waals surface area contributed by atoms with Gasteiger partial charge in [-0.1, -0.05) is 11.8 Å². The molecule has 1 aromatic carbocycles. The zero-order chi connectivity index (χ0) is 18.8. The van der Waals surface area contributed by atoms with Gasteiger partial charge in [0.2, 0.25) is 5.91 Å². The Labute approximate surface area is 164 Å². The Balaban J connectivity index is 1.43. The third-order valence-corrected chi connectivity index (χ3v) is 6.63. The van der Waals surface area contributed by atoms with Crippen molar-refractivity contribution in [2.24, 2.45) is 5.92 Å². The van der Waals surface area contributed by atoms with E-state index in [4.69, 9.17) is 4.42 Å². The first-order valence-electron chi connectivity index (χ1n) is 8.72. The molecular weight excluding hydrogens is 382 g/mol. The highest BCUT2D eigenvalue weighted by molar-refractivity contribution is 8.00. The van der Waals surface area contributed by atoms with Crippen LogP contribution >= 0.6 is 23.1 Å². The number of hydrogen-bond acceptors (Lipinski definition) is 6. The lowest BCUT2D eigenvalue weighted by Gasteiger charge is -2.31. The van der Waals surface area contributed by atoms with Crippen molar-refractivity contribution in [2.45, 2.75) is 17.2 Å². The Kier molecular flexibility index (Phi) is 5.18. The summed E-state index contributed by atoms with van der Waals surface area (Å²) < 4.78 is 7.25. The number of amides is 2. The maximum Gasteiger partial charge on any atom is 0.289 e. The van der Waals surface area contributed by atoms with Gasteiger partial charge in [0.1, 0.15) is 0 Å². The average Bonchev–Trinajstić information content (AvgIpc) is 3.36. The number of piperidine rings is 1. The van der Waals surface area contributed by atoms with Gasteiger partial charge in [-0.15, -0.1) is 11.3 Å². The Morgan fingerprint density at radius 2 is 2.26 bits per heavy atom. The molecule has 0 saturated carbocycles. The maximum absolute atomic E-state index is 12.7. The van der Waals surface area contributed by atoms with Crippen molar-refractivity contribution in [1.82, 2.24) is 9.88 Å². The molecule has 8 heteroatoms. The molecule has 2 aromatic heterocycles. The number of benzene rings is 1. The highest BCUT2D eigenvalue weighted by Gasteiger charge is 2.30. The summed E-state index contributed by atoms with van der Waals surface area (Å²) in [5.41, 5.74) is 1.70. The molecule has 1 unspecified atom stereocenters. The van der Waals surface area contributed by atoms with Gasteiger partial charge in [0.05, 0.1) is 22.4 Å². The molecule has 0 spiro atoms. The summed E-state index contributed by atoms with van der Waals surface area (Å²) >= 11 is 3.23. The van der Waals surface area contributed by atoms with E-state index in [1.54, 1.807) is 40.1 Å². The summed E-state index contributed by atoms with van der Waals surface area (Å²) in [5.74, 6) is -0.123. The second kappa shape index (κ2) is 7.74. The molecule has 0 radical (unpaired) electrons. The van der Waals surface area contributed by atoms with E-state index >= 15 is 0 Å². The van der Waals surface area contributed by atoms with Crippen molar-refractivity contribution in [3.63, 3.8) is 0 Å². The van der Waals surface area contributed by atoms with Crippen molar-refractivity contribution in [3.05, 3.63) is 42.4 Å². The van der Waals surface area contributed by atoms with Crippen molar-refractivity contribution < 1.29 is 14.0 Å². The summed E-state index contributed by atoms with van der Waals surface area (Å²) in [5, 5.41) is 3.00. The number of thioether (sulfide) groups is 1. The number of fused-ring (bicyclic) bond motifs is 1. The van der Waals surface area contributed by atoms with Crippen LogP contribution in [-0.2, 0) is 4.79 Å². The summed E-state index contributed by atoms with van der Waals surface area (Å²) in [7, 11) is 0. The highest BCUT2D eigenvalue weighted by atomic mass is 32.2. The number of nitrogens with zero attached hydrogens (tertiary/aromatic N) is 2. The molecule has 1 N–H and O–H groups in total. The van der Waals surface area contributed by atoms with Crippen LogP contribution in [0.15, 0.2) is 45.4 Å². The standard InChI is InChI=1S/C19H19N3O3S2/c1-26-19-21-14-7-6-13(10-16(14)27-19)20-17(23)12-4-2-8-22(11-12)18(24)15-5-3-9-25-15/h3,5-7,9-10,12H,2,4,8,11H2,1H3,(H,20,23). The maximum atomic E-state index is 12.7. The van der Waals surface area contributed by atoms with Crippen molar-refractivity contribution in [2.75, 3.05) is 24.7 Å². The minimum Gasteiger partial charge on any atom is -0.459 e. The van der Waals surface area contributed by atoms with Gasteiger partial charge >= 0.3 is 0 Å². The lowest BCUT2D eigenvalue weighted by atomic mass is 9.96. The van der Waals surface area contributed by atoms with Crippen LogP contribution < -0.4 is 5.32 Å². The van der Waals surface area contributed by atoms with Crippen LogP contribution in [0.3, 0.4) is 0 Å². The van der Waals surface area contributed by atoms with Crippen LogP contribution in [0, 0.1) is 5.92 Å². The quantitative estimate of drug-likeness (QED) is 0.666. The SMILES string of the molecule is CSc1nc2ccc(NC(=O)C3CCCN(C(=O)c4ccco4)C3)cc2s1. The topological polar surface area (TPSA) is 75.4 Å². The number of carbonyl (C=O) groups excluding carboxylic acids is 2. The van der Waals surface area contributed by atoms with Gasteiger partial charge in [0.25, 0.3) is 5.91 Å². The third-order valence-electron chi connectivity index (χ3n) is 4.62. The van der Waals surface area contributed by atoms with Gasteiger partial charge in [-0.05, 0) is 49.4 Å². The molecule has 1 fully saturated rings. The lowest BCUT2D eigenvalue weighted by Crippen LogP contribution is -2.43. The third kappa shape index (κ3) is 3.86. The summed E-state index contributed by atoms with van der Waals surface area (Å²) in [6.45, 7) is 1.05. The minimum atomic E-state index is -0.225. The predicted octanol–water partition coefficient (Wildman–Crippen LogP) is 4.10. The molecule has 6 nitrogen and oxygen atoms in total. The number of rotatable bonds is 4. The van der Waals surface area contributed by atoms with E-state index in [2.05, 4.69) is 10.3 Å². The normalized spacial score (nSPS) is 17.2. The molecule has 2 amide bonds. The molecular formula is C19H19N3O3S2. The first kappa shape index (κ1) is 18.1. The van der Waals surface area contributed by atoms with Gasteiger partial charge in [0, 0.05) is 18.8 Å². The van der Waals surface area contributed by atoms with E-state index in [0.29, 0.717) is 18.8 Å². The summed E-state index contributed by atoms with van der Waals surface area (Å²) in [6, 6.07) is 9.10. The number of likely N-dealkylation sites (tertiary alicyclic amines) is 1. The second-order valence-electron chi connectivity index (χ2n) is 6.42. The number of carbonyl (C=O) groups is 2. The molecule has 1 saturated heterocycles. The van der Waals surface area contributed by atoms with Crippen LogP contribution in [0.25, 0.3) is 10.2 Å². The fourth-order valence-electron chi connectivity index (χ4n) is 3.24. The van der Waals surface area contributed by atoms with Crippen LogP contribution in [0.5, 0.6) is 0 Å². The van der Waals surface area contributed by atoms with Gasteiger partial charge in [0.15, 0.2) is 10.1 Å². The predicted molar refractivity (Wildman–Crippen MR) is 107 cm³/mol. The zero-order valence-electron chi connectivity index (χ0n) is 14.8. The number of anilines is 1. The van der Waals surface area contributed by atoms with Crippen molar-refractivity contribution >= 4 is 50.8 Å². The average molecular weight is 402 g/mol. The number of thiazole rings is 1. The molecule has 0 aliphatic carbocycles. The molecule has 1 aliphatic heterocycles. The van der Waals surface area contributed by atoms with E-state index in [1.165, 1.54) is 6.26 Å². The second-order valence-corrected chi connectivity index (χ2v) is 8.51. The monoisotopic (exact) mass is 401 g/mol. The van der Waals surface area contributed by atoms with Crippen molar-refractivity contribution in [3.8, 4) is 0 Å². The number of furan rings is 1. The highest BCUT2D eigenvalue weighted by Crippen LogP contribution is 2.30. The lowest BCUT2D eigenvalue weighted by molar-refractivity contribution is -0.121. The molecule has 27 heavy (non-hydrogen) atoms. The largest absolute Gasteiger partial charge is 0.459 e. The van der Waals surface area contributed by atoms with E-state index in [-0.39, 0.29) is 17.7 Å². The van der Waals surface area contributed by atoms with E-state index in [0.717, 1.165) is 33.1 Å². The Morgan fingerprint density at radius 3 is 3.04 bits per heavy atom.